The van der Waals surface area contributed by atoms with Gasteiger partial charge in [0.2, 0.25) is 0 Å². The maximum absolute atomic E-state index is 13.5. The second kappa shape index (κ2) is 39.2. The Morgan fingerprint density at radius 2 is 0.957 bits per heavy atom. The van der Waals surface area contributed by atoms with E-state index in [0.29, 0.717) is 50.6 Å². The summed E-state index contributed by atoms with van der Waals surface area (Å²) >= 11 is 0. The molecule has 0 aliphatic carbocycles. The molecule has 93 heavy (non-hydrogen) atoms. The maximum atomic E-state index is 13.5. The fourth-order valence-corrected chi connectivity index (χ4v) is 17.4. The van der Waals surface area contributed by atoms with Crippen molar-refractivity contribution in [3.05, 3.63) is 159 Å². The highest BCUT2D eigenvalue weighted by molar-refractivity contribution is 7.91. The minimum absolute atomic E-state index is 0. The molecule has 4 unspecified atom stereocenters. The number of ether oxygens (including phenoxy) is 8. The molecule has 6 saturated heterocycles. The highest BCUT2D eigenvalue weighted by atomic mass is 32.2. The Kier molecular flexibility index (Phi) is 34.2. The lowest BCUT2D eigenvalue weighted by Crippen LogP contribution is -2.38. The lowest BCUT2D eigenvalue weighted by Gasteiger charge is -2.38. The van der Waals surface area contributed by atoms with Crippen LogP contribution in [0.25, 0.3) is 0 Å². The molecule has 0 amide bonds. The van der Waals surface area contributed by atoms with Crippen LogP contribution in [-0.2, 0) is 57.6 Å². The molecule has 524 valence electrons. The van der Waals surface area contributed by atoms with Crippen molar-refractivity contribution in [2.24, 2.45) is 41.2 Å². The molecule has 20 atom stereocenters. The number of benzene rings is 2. The molecule has 8 rings (SSSR count). The van der Waals surface area contributed by atoms with Gasteiger partial charge in [0.15, 0.2) is 19.7 Å². The second-order valence-electron chi connectivity index (χ2n) is 26.0. The largest absolute Gasteiger partial charge is 0.412 e. The predicted octanol–water partition coefficient (Wildman–Crippen LogP) is 10.4. The van der Waals surface area contributed by atoms with E-state index in [1.165, 1.54) is 0 Å². The summed E-state index contributed by atoms with van der Waals surface area (Å²) in [5.74, 6) is -0.392. The van der Waals surface area contributed by atoms with Gasteiger partial charge in [0.1, 0.15) is 0 Å². The Morgan fingerprint density at radius 1 is 0.570 bits per heavy atom. The first-order chi connectivity index (χ1) is 43.0. The molecule has 0 aromatic heterocycles. The average Bonchev–Trinajstić information content (AvgIpc) is 1.71. The minimum atomic E-state index is -3.57. The zero-order valence-electron chi connectivity index (χ0n) is 55.0. The van der Waals surface area contributed by atoms with E-state index in [-0.39, 0.29) is 158 Å². The van der Waals surface area contributed by atoms with Gasteiger partial charge in [-0.25, -0.2) is 16.8 Å². The summed E-state index contributed by atoms with van der Waals surface area (Å²) in [4.78, 5) is 0.596. The maximum Gasteiger partial charge on any atom is 0.178 e. The molecular formula is C73H114N2O16S2. The molecule has 6 aliphatic rings. The van der Waals surface area contributed by atoms with Crippen molar-refractivity contribution in [3.63, 3.8) is 0 Å². The van der Waals surface area contributed by atoms with Crippen molar-refractivity contribution in [3.8, 4) is 0 Å². The van der Waals surface area contributed by atoms with Crippen LogP contribution in [0.1, 0.15) is 112 Å². The predicted molar refractivity (Wildman–Crippen MR) is 368 cm³/mol. The van der Waals surface area contributed by atoms with E-state index in [1.54, 1.807) is 66.7 Å². The number of hydrogen-bond donors (Lipinski definition) is 5. The zero-order valence-corrected chi connectivity index (χ0v) is 56.6. The normalized spacial score (nSPS) is 32.1. The molecule has 6 fully saturated rings. The lowest BCUT2D eigenvalue weighted by molar-refractivity contribution is -0.0759. The van der Waals surface area contributed by atoms with E-state index in [2.05, 4.69) is 53.3 Å². The third-order valence-corrected chi connectivity index (χ3v) is 22.9. The van der Waals surface area contributed by atoms with Crippen molar-refractivity contribution in [2.75, 3.05) is 51.1 Å². The van der Waals surface area contributed by atoms with Gasteiger partial charge in [-0.1, -0.05) is 134 Å². The van der Waals surface area contributed by atoms with E-state index in [9.17, 15) is 32.2 Å². The van der Waals surface area contributed by atoms with E-state index >= 15 is 0 Å². The molecule has 2 aromatic carbocycles. The van der Waals surface area contributed by atoms with Crippen molar-refractivity contribution in [1.82, 2.24) is 6.15 Å². The molecule has 18 nitrogen and oxygen atoms in total. The quantitative estimate of drug-likeness (QED) is 0.0336. The summed E-state index contributed by atoms with van der Waals surface area (Å²) < 4.78 is 104. The molecule has 6 aliphatic heterocycles. The number of aliphatic hydroxyl groups is 3. The van der Waals surface area contributed by atoms with Crippen LogP contribution in [0.15, 0.2) is 169 Å². The Morgan fingerprint density at radius 3 is 1.32 bits per heavy atom. The van der Waals surface area contributed by atoms with Gasteiger partial charge in [-0.15, -0.1) is 13.2 Å². The van der Waals surface area contributed by atoms with E-state index < -0.39 is 38.0 Å². The van der Waals surface area contributed by atoms with Gasteiger partial charge in [0.25, 0.3) is 0 Å². The Balaban J connectivity index is 0.000000384. The lowest BCUT2D eigenvalue weighted by atomic mass is 9.82. The number of rotatable bonds is 32. The fourth-order valence-electron chi connectivity index (χ4n) is 13.8. The van der Waals surface area contributed by atoms with Crippen molar-refractivity contribution in [1.29, 1.82) is 0 Å². The standard InChI is InChI=1S/C36H53NO7S.C36H52O8S.CH4.H3N.H2O/c2*1-6-16-41-17-10-11-29-19-25(3)33(42-29)15-14-30-18-24(2)26(4)35(43-30)21-36-32(27(5)34(44-36)20-28(38)22-37)23-45(39,40)31-12-8-7-9-13-31;;;/h6-13,24,27-30,32-36,38H,1,3-4,14-23,37H2,2,5H3;6-13,24,27-30,32-38H,1,3-4,14-23H2,2,5H3;1H4;1H3;1H2/b2*11-10+;;;/t2*24-,27-,28+,29+,30+,32-,33?,34-,35?,36+;;;/m11.../s1. The minimum Gasteiger partial charge on any atom is -0.412 e. The number of hydrogen-bond acceptors (Lipinski definition) is 17. The van der Waals surface area contributed by atoms with Crippen molar-refractivity contribution < 1.29 is 75.5 Å². The molecule has 6 heterocycles. The Bertz CT molecular complexity index is 2730. The summed E-state index contributed by atoms with van der Waals surface area (Å²) in [5.41, 5.74) is 9.91. The van der Waals surface area contributed by atoms with Crippen LogP contribution in [0, 0.1) is 35.5 Å². The van der Waals surface area contributed by atoms with Gasteiger partial charge < -0.3 is 70.6 Å². The molecule has 0 radical (unpaired) electrons. The van der Waals surface area contributed by atoms with Gasteiger partial charge in [0, 0.05) is 56.9 Å². The second-order valence-corrected chi connectivity index (χ2v) is 30.0. The summed E-state index contributed by atoms with van der Waals surface area (Å²) in [6.45, 7) is 34.8. The van der Waals surface area contributed by atoms with Gasteiger partial charge in [0.05, 0.1) is 140 Å². The van der Waals surface area contributed by atoms with Crippen LogP contribution >= 0.6 is 0 Å². The molecule has 10 N–H and O–H groups in total. The van der Waals surface area contributed by atoms with Crippen LogP contribution in [0.2, 0.25) is 0 Å². The molecule has 0 spiro atoms. The van der Waals surface area contributed by atoms with Crippen molar-refractivity contribution >= 4 is 19.7 Å². The third-order valence-electron chi connectivity index (χ3n) is 19.2. The SMILES string of the molecule is C.C=CCOC/C=C/[C@H]1CC(=C)C(CC[C@H]2C[C@@H](C)C(=C)C(C[C@@H]3O[C@H](C[C@H](O)CN)[C@H](C)[C@H]3CS(=O)(=O)c3ccccc3)O2)O1.C=CCOC/C=C/[C@H]1CC(=C)C(CC[C@H]2C[C@@H](C)C(=C)C(C[C@@H]3O[C@H](C[C@H](O)CO)[C@H](C)[C@H]3CS(=O)(=O)c3ccccc3)O2)O1.N.O. The summed E-state index contributed by atoms with van der Waals surface area (Å²) in [6.07, 6.45) is 16.1. The highest BCUT2D eigenvalue weighted by Crippen LogP contribution is 2.45. The zero-order chi connectivity index (χ0) is 65.1. The Labute approximate surface area is 557 Å². The number of sulfone groups is 2. The topological polar surface area (TPSA) is 295 Å². The van der Waals surface area contributed by atoms with Crippen LogP contribution in [-0.4, -0.2) is 174 Å². The van der Waals surface area contributed by atoms with Crippen LogP contribution < -0.4 is 11.9 Å². The molecule has 20 heteroatoms. The molecule has 0 saturated carbocycles. The molecule has 2 aromatic rings. The van der Waals surface area contributed by atoms with E-state index in [0.717, 1.165) is 73.7 Å². The monoisotopic (exact) mass is 1340 g/mol. The number of aliphatic hydroxyl groups excluding tert-OH is 3. The molecular weight excluding hydrogens is 1220 g/mol. The van der Waals surface area contributed by atoms with Crippen LogP contribution in [0.3, 0.4) is 0 Å². The summed E-state index contributed by atoms with van der Waals surface area (Å²) in [5, 5.41) is 30.0. The third kappa shape index (κ3) is 23.5. The van der Waals surface area contributed by atoms with Gasteiger partial charge in [-0.2, -0.15) is 0 Å². The Hall–Kier alpha value is -4.30. The first-order valence-corrected chi connectivity index (χ1v) is 35.9. The first-order valence-electron chi connectivity index (χ1n) is 32.6. The fraction of sp³-hybridized carbons (Fsp3) is 0.616. The van der Waals surface area contributed by atoms with Gasteiger partial charge in [-0.3, -0.25) is 0 Å². The van der Waals surface area contributed by atoms with Crippen molar-refractivity contribution in [2.45, 2.75) is 207 Å². The number of nitrogens with two attached hydrogens (primary N) is 1. The van der Waals surface area contributed by atoms with E-state index in [4.69, 9.17) is 43.6 Å². The van der Waals surface area contributed by atoms with E-state index in [1.807, 2.05) is 44.2 Å². The smallest absolute Gasteiger partial charge is 0.178 e. The van der Waals surface area contributed by atoms with Gasteiger partial charge in [-0.05, 0) is 109 Å². The van der Waals surface area contributed by atoms with Crippen LogP contribution in [0.4, 0.5) is 0 Å². The summed E-state index contributed by atoms with van der Waals surface area (Å²) in [7, 11) is -7.12. The van der Waals surface area contributed by atoms with Gasteiger partial charge >= 0.3 is 0 Å². The first kappa shape index (κ1) is 81.1. The van der Waals surface area contributed by atoms with Crippen LogP contribution in [0.5, 0.6) is 0 Å². The highest BCUT2D eigenvalue weighted by Gasteiger charge is 2.49. The average molecular weight is 1340 g/mol. The summed E-state index contributed by atoms with van der Waals surface area (Å²) in [6, 6.07) is 17.1. The molecule has 0 bridgehead atoms.